The van der Waals surface area contributed by atoms with Crippen LogP contribution in [0.25, 0.3) is 10.9 Å². The molecule has 8 heteroatoms. The summed E-state index contributed by atoms with van der Waals surface area (Å²) in [7, 11) is 5.19. The molecular formula is C29H30N4O4. The number of carbonyl (C=O) groups is 2. The van der Waals surface area contributed by atoms with Gasteiger partial charge in [-0.3, -0.25) is 4.79 Å². The Morgan fingerprint density at radius 3 is 2.35 bits per heavy atom. The summed E-state index contributed by atoms with van der Waals surface area (Å²) in [4.78, 5) is 34.1. The highest BCUT2D eigenvalue weighted by molar-refractivity contribution is 6.22. The monoisotopic (exact) mass is 498 g/mol. The van der Waals surface area contributed by atoms with Gasteiger partial charge in [0.05, 0.1) is 29.1 Å². The molecule has 0 aliphatic carbocycles. The Hall–Kier alpha value is -4.43. The van der Waals surface area contributed by atoms with Gasteiger partial charge in [-0.15, -0.1) is 0 Å². The molecule has 1 unspecified atom stereocenters. The minimum atomic E-state index is -0.465. The van der Waals surface area contributed by atoms with Crippen molar-refractivity contribution < 1.29 is 19.4 Å². The summed E-state index contributed by atoms with van der Waals surface area (Å²) in [5.74, 6) is -0.526. The number of benzene rings is 3. The quantitative estimate of drug-likeness (QED) is 0.244. The number of aromatic amines is 1. The van der Waals surface area contributed by atoms with Crippen LogP contribution in [0, 0.1) is 0 Å². The minimum Gasteiger partial charge on any atom is -0.494 e. The average Bonchev–Trinajstić information content (AvgIpc) is 3.23. The summed E-state index contributed by atoms with van der Waals surface area (Å²) in [6.07, 6.45) is 0. The molecule has 0 radical (unpaired) electrons. The molecule has 1 amide bonds. The number of nitrogens with one attached hydrogen (secondary N) is 2. The number of H-pyrrole nitrogens is 1. The lowest BCUT2D eigenvalue weighted by Gasteiger charge is -2.20. The zero-order chi connectivity index (χ0) is 26.5. The molecule has 3 N–H and O–H groups in total. The Bertz CT molecular complexity index is 1440. The topological polar surface area (TPSA) is 107 Å². The lowest BCUT2D eigenvalue weighted by molar-refractivity contribution is -0.130. The summed E-state index contributed by atoms with van der Waals surface area (Å²) in [6, 6.07) is 21.6. The number of nitrogens with zero attached hydrogens (tertiary/aromatic N) is 2. The minimum absolute atomic E-state index is 0.0466. The first-order valence-corrected chi connectivity index (χ1v) is 12.0. The SMILES string of the molecule is CCOC(=O)c1ccc2c(C(=Nc3ccc(C(NC)C(=O)N(C)C)cc3)c3ccccc3)c(O)[nH]c2c1. The molecule has 0 bridgehead atoms. The van der Waals surface area contributed by atoms with Gasteiger partial charge in [-0.05, 0) is 43.8 Å². The lowest BCUT2D eigenvalue weighted by atomic mass is 10.00. The van der Waals surface area contributed by atoms with Crippen molar-refractivity contribution in [1.82, 2.24) is 15.2 Å². The number of aromatic hydroxyl groups is 1. The van der Waals surface area contributed by atoms with Crippen molar-refractivity contribution in [3.63, 3.8) is 0 Å². The van der Waals surface area contributed by atoms with E-state index in [1.165, 1.54) is 0 Å². The fourth-order valence-corrected chi connectivity index (χ4v) is 4.19. The Labute approximate surface area is 215 Å². The van der Waals surface area contributed by atoms with Gasteiger partial charge in [0.1, 0.15) is 6.04 Å². The summed E-state index contributed by atoms with van der Waals surface area (Å²) in [5.41, 5.74) is 4.37. The third-order valence-electron chi connectivity index (χ3n) is 6.02. The Kier molecular flexibility index (Phi) is 7.69. The van der Waals surface area contributed by atoms with Crippen molar-refractivity contribution in [3.8, 4) is 5.88 Å². The Morgan fingerprint density at radius 1 is 1.03 bits per heavy atom. The molecule has 190 valence electrons. The number of hydrogen-bond donors (Lipinski definition) is 3. The number of aromatic nitrogens is 1. The second kappa shape index (κ2) is 11.1. The van der Waals surface area contributed by atoms with Crippen LogP contribution >= 0.6 is 0 Å². The first-order chi connectivity index (χ1) is 17.8. The van der Waals surface area contributed by atoms with Crippen molar-refractivity contribution in [2.75, 3.05) is 27.7 Å². The summed E-state index contributed by atoms with van der Waals surface area (Å²) < 4.78 is 5.10. The zero-order valence-electron chi connectivity index (χ0n) is 21.3. The van der Waals surface area contributed by atoms with E-state index in [2.05, 4.69) is 10.3 Å². The number of ether oxygens (including phenoxy) is 1. The Morgan fingerprint density at radius 2 is 1.73 bits per heavy atom. The number of hydrogen-bond acceptors (Lipinski definition) is 6. The van der Waals surface area contributed by atoms with E-state index in [9.17, 15) is 14.7 Å². The van der Waals surface area contributed by atoms with Gasteiger partial charge in [0, 0.05) is 30.6 Å². The molecule has 37 heavy (non-hydrogen) atoms. The molecule has 4 rings (SSSR count). The molecule has 1 heterocycles. The van der Waals surface area contributed by atoms with Crippen LogP contribution in [0.1, 0.15) is 40.0 Å². The highest BCUT2D eigenvalue weighted by Crippen LogP contribution is 2.32. The highest BCUT2D eigenvalue weighted by Gasteiger charge is 2.22. The molecule has 0 spiro atoms. The van der Waals surface area contributed by atoms with Crippen LogP contribution in [-0.4, -0.2) is 60.3 Å². The van der Waals surface area contributed by atoms with E-state index in [-0.39, 0.29) is 18.4 Å². The van der Waals surface area contributed by atoms with Gasteiger partial charge >= 0.3 is 5.97 Å². The van der Waals surface area contributed by atoms with Crippen LogP contribution < -0.4 is 5.32 Å². The Balaban J connectivity index is 1.80. The van der Waals surface area contributed by atoms with E-state index in [0.29, 0.717) is 28.0 Å². The molecule has 8 nitrogen and oxygen atoms in total. The van der Waals surface area contributed by atoms with Crippen LogP contribution in [0.5, 0.6) is 5.88 Å². The van der Waals surface area contributed by atoms with E-state index >= 15 is 0 Å². The molecule has 1 atom stereocenters. The predicted molar refractivity (Wildman–Crippen MR) is 145 cm³/mol. The molecule has 0 fully saturated rings. The molecule has 3 aromatic carbocycles. The average molecular weight is 499 g/mol. The number of fused-ring (bicyclic) bond motifs is 1. The van der Waals surface area contributed by atoms with Gasteiger partial charge in [-0.25, -0.2) is 9.79 Å². The van der Waals surface area contributed by atoms with Crippen molar-refractivity contribution >= 4 is 34.2 Å². The molecule has 1 aromatic heterocycles. The number of likely N-dealkylation sites (N-methyl/N-ethyl adjacent to an activating group) is 2. The van der Waals surface area contributed by atoms with Crippen molar-refractivity contribution in [1.29, 1.82) is 0 Å². The normalized spacial score (nSPS) is 12.4. The lowest BCUT2D eigenvalue weighted by Crippen LogP contribution is -2.35. The van der Waals surface area contributed by atoms with Crippen LogP contribution in [0.4, 0.5) is 5.69 Å². The van der Waals surface area contributed by atoms with Gasteiger partial charge < -0.3 is 25.0 Å². The zero-order valence-corrected chi connectivity index (χ0v) is 21.3. The highest BCUT2D eigenvalue weighted by atomic mass is 16.5. The number of carbonyl (C=O) groups excluding carboxylic acids is 2. The molecule has 0 aliphatic heterocycles. The maximum atomic E-state index is 12.5. The molecule has 4 aromatic rings. The maximum Gasteiger partial charge on any atom is 0.338 e. The molecule has 0 saturated heterocycles. The van der Waals surface area contributed by atoms with E-state index in [4.69, 9.17) is 9.73 Å². The maximum absolute atomic E-state index is 12.5. The third-order valence-corrected chi connectivity index (χ3v) is 6.02. The molecule has 0 saturated carbocycles. The number of rotatable bonds is 8. The number of amides is 1. The second-order valence-corrected chi connectivity index (χ2v) is 8.70. The van der Waals surface area contributed by atoms with Gasteiger partial charge in [0.2, 0.25) is 5.91 Å². The van der Waals surface area contributed by atoms with Gasteiger partial charge in [0.25, 0.3) is 0 Å². The van der Waals surface area contributed by atoms with E-state index in [0.717, 1.165) is 16.5 Å². The smallest absolute Gasteiger partial charge is 0.338 e. The third kappa shape index (κ3) is 5.39. The molecule has 0 aliphatic rings. The first kappa shape index (κ1) is 25.7. The number of esters is 1. The summed E-state index contributed by atoms with van der Waals surface area (Å²) in [5, 5.41) is 14.7. The summed E-state index contributed by atoms with van der Waals surface area (Å²) >= 11 is 0. The second-order valence-electron chi connectivity index (χ2n) is 8.70. The van der Waals surface area contributed by atoms with Gasteiger partial charge in [0.15, 0.2) is 5.88 Å². The van der Waals surface area contributed by atoms with Crippen LogP contribution in [0.2, 0.25) is 0 Å². The largest absolute Gasteiger partial charge is 0.494 e. The fraction of sp³-hybridized carbons (Fsp3) is 0.207. The van der Waals surface area contributed by atoms with Crippen molar-refractivity contribution in [3.05, 3.63) is 95.1 Å². The fourth-order valence-electron chi connectivity index (χ4n) is 4.19. The van der Waals surface area contributed by atoms with Gasteiger partial charge in [-0.2, -0.15) is 0 Å². The van der Waals surface area contributed by atoms with Crippen LogP contribution in [-0.2, 0) is 9.53 Å². The van der Waals surface area contributed by atoms with Crippen molar-refractivity contribution in [2.45, 2.75) is 13.0 Å². The molecular weight excluding hydrogens is 468 g/mol. The summed E-state index contributed by atoms with van der Waals surface area (Å²) in [6.45, 7) is 2.03. The van der Waals surface area contributed by atoms with E-state index in [1.807, 2.05) is 54.6 Å². The van der Waals surface area contributed by atoms with Crippen LogP contribution in [0.3, 0.4) is 0 Å². The van der Waals surface area contributed by atoms with E-state index in [1.54, 1.807) is 51.2 Å². The van der Waals surface area contributed by atoms with Crippen molar-refractivity contribution in [2.24, 2.45) is 4.99 Å². The van der Waals surface area contributed by atoms with Gasteiger partial charge in [-0.1, -0.05) is 48.5 Å². The predicted octanol–water partition coefficient (Wildman–Crippen LogP) is 4.57. The van der Waals surface area contributed by atoms with Crippen LogP contribution in [0.15, 0.2) is 77.8 Å². The number of aliphatic imine (C=N–C) groups is 1. The first-order valence-electron chi connectivity index (χ1n) is 12.0. The van der Waals surface area contributed by atoms with E-state index < -0.39 is 12.0 Å². The standard InChI is InChI=1S/C29H30N4O4/c1-5-37-29(36)20-13-16-22-23(17-20)32-27(34)24(22)25(18-9-7-6-8-10-18)31-21-14-11-19(12-15-21)26(30-2)28(35)33(3)4/h6-17,26,30,32,34H,5H2,1-4H3.